The maximum Gasteiger partial charge on any atom is 0.332 e. The number of aromatic nitrogens is 4. The number of imidazole rings is 1. The Balaban J connectivity index is 1.89. The van der Waals surface area contributed by atoms with Crippen molar-refractivity contribution >= 4 is 31.1 Å². The van der Waals surface area contributed by atoms with Crippen LogP contribution in [0.25, 0.3) is 11.2 Å². The van der Waals surface area contributed by atoms with Gasteiger partial charge in [0, 0.05) is 32.9 Å². The van der Waals surface area contributed by atoms with Gasteiger partial charge in [-0.1, -0.05) is 0 Å². The highest BCUT2D eigenvalue weighted by Gasteiger charge is 2.14. The summed E-state index contributed by atoms with van der Waals surface area (Å²) in [6.45, 7) is 1.36. The first-order valence-electron chi connectivity index (χ1n) is 7.66. The molecule has 2 aromatic heterocycles. The highest BCUT2D eigenvalue weighted by atomic mass is 33.1. The van der Waals surface area contributed by atoms with Crippen LogP contribution in [0.1, 0.15) is 12.8 Å². The van der Waals surface area contributed by atoms with Crippen molar-refractivity contribution in [3.05, 3.63) is 27.2 Å². The van der Waals surface area contributed by atoms with Gasteiger partial charge < -0.3 is 9.88 Å². The van der Waals surface area contributed by atoms with Crippen LogP contribution < -0.4 is 16.6 Å². The fourth-order valence-corrected chi connectivity index (χ4v) is 3.78. The lowest BCUT2D eigenvalue weighted by atomic mass is 10.3. The van der Waals surface area contributed by atoms with Gasteiger partial charge >= 0.3 is 14.8 Å². The van der Waals surface area contributed by atoms with E-state index in [2.05, 4.69) is 10.3 Å². The number of nitrogens with zero attached hydrogens (tertiary/aromatic N) is 4. The molecule has 0 saturated heterocycles. The fraction of sp³-hybridized carbons (Fsp3) is 0.615. The summed E-state index contributed by atoms with van der Waals surface area (Å²) in [4.78, 5) is 28.8. The second-order valence-electron chi connectivity index (χ2n) is 5.53. The molecule has 0 aliphatic heterocycles. The van der Waals surface area contributed by atoms with Gasteiger partial charge in [0.2, 0.25) is 0 Å². The average molecular weight is 391 g/mol. The first-order chi connectivity index (χ1) is 11.7. The van der Waals surface area contributed by atoms with E-state index in [0.29, 0.717) is 48.0 Å². The molecule has 12 heteroatoms. The Morgan fingerprint density at radius 2 is 1.96 bits per heavy atom. The second kappa shape index (κ2) is 8.17. The van der Waals surface area contributed by atoms with Gasteiger partial charge in [0.15, 0.2) is 11.2 Å². The van der Waals surface area contributed by atoms with Crippen molar-refractivity contribution < 1.29 is 13.0 Å². The van der Waals surface area contributed by atoms with E-state index >= 15 is 0 Å². The van der Waals surface area contributed by atoms with Crippen molar-refractivity contribution in [3.8, 4) is 0 Å². The van der Waals surface area contributed by atoms with E-state index in [1.54, 1.807) is 18.7 Å². The van der Waals surface area contributed by atoms with Crippen LogP contribution in [0.5, 0.6) is 0 Å². The van der Waals surface area contributed by atoms with Crippen molar-refractivity contribution in [1.82, 2.24) is 24.0 Å². The van der Waals surface area contributed by atoms with Gasteiger partial charge in [-0.3, -0.25) is 18.5 Å². The van der Waals surface area contributed by atoms with E-state index in [1.807, 2.05) is 0 Å². The topological polar surface area (TPSA) is 128 Å². The quantitative estimate of drug-likeness (QED) is 0.327. The largest absolute Gasteiger partial charge is 0.332 e. The summed E-state index contributed by atoms with van der Waals surface area (Å²) in [6, 6.07) is 0. The zero-order valence-corrected chi connectivity index (χ0v) is 15.6. The van der Waals surface area contributed by atoms with E-state index in [1.165, 1.54) is 15.5 Å². The standard InChI is InChI=1S/C13H21N5O5S2/c1-16-9-15-11-10(16)12(19)18(13(20)17(11)2)7-4-3-5-14-6-8-24-25(21,22)23/h9,14H,3-8H2,1-2H3,(H,21,22,23). The maximum atomic E-state index is 12.5. The molecule has 2 rings (SSSR count). The Labute approximate surface area is 148 Å². The van der Waals surface area contributed by atoms with Crippen molar-refractivity contribution in [3.63, 3.8) is 0 Å². The van der Waals surface area contributed by atoms with Crippen molar-refractivity contribution in [2.24, 2.45) is 14.1 Å². The van der Waals surface area contributed by atoms with E-state index in [0.717, 1.165) is 6.42 Å². The molecular weight excluding hydrogens is 370 g/mol. The van der Waals surface area contributed by atoms with Gasteiger partial charge in [0.1, 0.15) is 0 Å². The molecule has 2 aromatic rings. The lowest BCUT2D eigenvalue weighted by Gasteiger charge is -2.09. The maximum absolute atomic E-state index is 12.5. The number of hydrogen-bond donors (Lipinski definition) is 2. The van der Waals surface area contributed by atoms with E-state index in [9.17, 15) is 18.0 Å². The smallest absolute Gasteiger partial charge is 0.328 e. The third kappa shape index (κ3) is 4.93. The Kier molecular flexibility index (Phi) is 6.43. The predicted octanol–water partition coefficient (Wildman–Crippen LogP) is -0.660. The van der Waals surface area contributed by atoms with Gasteiger partial charge in [0.05, 0.1) is 6.33 Å². The summed E-state index contributed by atoms with van der Waals surface area (Å²) in [7, 11) is -0.229. The van der Waals surface area contributed by atoms with Crippen LogP contribution in [0.3, 0.4) is 0 Å². The van der Waals surface area contributed by atoms with Crippen LogP contribution in [-0.4, -0.2) is 50.5 Å². The summed E-state index contributed by atoms with van der Waals surface area (Å²) in [5, 5.41) is 3.04. The highest BCUT2D eigenvalue weighted by molar-refractivity contribution is 8.69. The first kappa shape index (κ1) is 19.7. The number of aryl methyl sites for hydroxylation is 2. The molecule has 0 aromatic carbocycles. The predicted molar refractivity (Wildman–Crippen MR) is 96.3 cm³/mol. The Morgan fingerprint density at radius 1 is 1.24 bits per heavy atom. The molecule has 2 heterocycles. The third-order valence-corrected chi connectivity index (χ3v) is 5.76. The van der Waals surface area contributed by atoms with Crippen LogP contribution in [0.15, 0.2) is 15.9 Å². The van der Waals surface area contributed by atoms with E-state index in [-0.39, 0.29) is 11.3 Å². The second-order valence-corrected chi connectivity index (χ2v) is 9.00. The van der Waals surface area contributed by atoms with Crippen molar-refractivity contribution in [2.45, 2.75) is 19.4 Å². The molecule has 0 atom stereocenters. The Hall–Kier alpha value is -1.63. The minimum absolute atomic E-state index is 0.246. The lowest BCUT2D eigenvalue weighted by Crippen LogP contribution is -2.39. The number of fused-ring (bicyclic) bond motifs is 1. The molecule has 10 nitrogen and oxygen atoms in total. The third-order valence-electron chi connectivity index (χ3n) is 3.70. The molecule has 0 fully saturated rings. The SMILES string of the molecule is Cn1cnc2c1c(=O)n(CCCCNCCSS(=O)(=O)O)c(=O)n2C. The van der Waals surface area contributed by atoms with Crippen molar-refractivity contribution in [2.75, 3.05) is 18.8 Å². The normalized spacial score (nSPS) is 12.1. The minimum Gasteiger partial charge on any atom is -0.328 e. The zero-order chi connectivity index (χ0) is 18.6. The molecule has 0 bridgehead atoms. The van der Waals surface area contributed by atoms with Crippen LogP contribution in [-0.2, 0) is 29.8 Å². The molecule has 0 aliphatic carbocycles. The minimum atomic E-state index is -3.99. The molecule has 0 unspecified atom stereocenters. The number of nitrogens with one attached hydrogen (secondary N) is 1. The average Bonchev–Trinajstić information content (AvgIpc) is 2.91. The summed E-state index contributed by atoms with van der Waals surface area (Å²) in [5.41, 5.74) is 0.0125. The van der Waals surface area contributed by atoms with Gasteiger partial charge in [-0.05, 0) is 30.2 Å². The zero-order valence-electron chi connectivity index (χ0n) is 14.0. The summed E-state index contributed by atoms with van der Waals surface area (Å²) in [5.74, 6) is 0.246. The summed E-state index contributed by atoms with van der Waals surface area (Å²) in [6.07, 6.45) is 2.84. The molecular formula is C13H21N5O5S2. The van der Waals surface area contributed by atoms with Crippen LogP contribution >= 0.6 is 10.8 Å². The lowest BCUT2D eigenvalue weighted by molar-refractivity contribution is 0.503. The van der Waals surface area contributed by atoms with Gasteiger partial charge in [0.25, 0.3) is 5.56 Å². The highest BCUT2D eigenvalue weighted by Crippen LogP contribution is 2.07. The molecule has 0 radical (unpaired) electrons. The molecule has 0 saturated carbocycles. The van der Waals surface area contributed by atoms with Crippen LogP contribution in [0.4, 0.5) is 0 Å². The molecule has 140 valence electrons. The molecule has 0 spiro atoms. The van der Waals surface area contributed by atoms with E-state index < -0.39 is 14.8 Å². The van der Waals surface area contributed by atoms with Gasteiger partial charge in [-0.25, -0.2) is 9.78 Å². The molecule has 25 heavy (non-hydrogen) atoms. The molecule has 2 N–H and O–H groups in total. The van der Waals surface area contributed by atoms with Crippen LogP contribution in [0, 0.1) is 0 Å². The monoisotopic (exact) mass is 391 g/mol. The molecule has 0 aliphatic rings. The van der Waals surface area contributed by atoms with Crippen LogP contribution in [0.2, 0.25) is 0 Å². The van der Waals surface area contributed by atoms with Gasteiger partial charge in [-0.15, -0.1) is 0 Å². The number of hydrogen-bond acceptors (Lipinski definition) is 7. The Bertz CT molecular complexity index is 960. The van der Waals surface area contributed by atoms with Crippen molar-refractivity contribution in [1.29, 1.82) is 0 Å². The molecule has 0 amide bonds. The fourth-order valence-electron chi connectivity index (χ4n) is 2.46. The first-order valence-corrected chi connectivity index (χ1v) is 10.6. The van der Waals surface area contributed by atoms with Gasteiger partial charge in [-0.2, -0.15) is 8.42 Å². The Morgan fingerprint density at radius 3 is 2.64 bits per heavy atom. The number of rotatable bonds is 9. The van der Waals surface area contributed by atoms with E-state index in [4.69, 9.17) is 4.55 Å². The summed E-state index contributed by atoms with van der Waals surface area (Å²) >= 11 is 0. The number of unbranched alkanes of at least 4 members (excludes halogenated alkanes) is 1. The summed E-state index contributed by atoms with van der Waals surface area (Å²) < 4.78 is 33.8.